The van der Waals surface area contributed by atoms with Crippen LogP contribution in [0.2, 0.25) is 0 Å². The summed E-state index contributed by atoms with van der Waals surface area (Å²) in [6.45, 7) is 7.60. The van der Waals surface area contributed by atoms with Crippen LogP contribution in [0.15, 0.2) is 19.9 Å². The first-order chi connectivity index (χ1) is 7.63. The van der Waals surface area contributed by atoms with Crippen molar-refractivity contribution in [3.63, 3.8) is 0 Å². The van der Waals surface area contributed by atoms with Gasteiger partial charge in [-0.2, -0.15) is 0 Å². The molecule has 92 valence electrons. The van der Waals surface area contributed by atoms with E-state index in [1.54, 1.807) is 6.92 Å². The van der Waals surface area contributed by atoms with Crippen molar-refractivity contribution in [2.45, 2.75) is 40.7 Å². The highest BCUT2D eigenvalue weighted by Gasteiger charge is 2.13. The molecule has 0 amide bonds. The van der Waals surface area contributed by atoms with Crippen LogP contribution in [0.1, 0.15) is 39.9 Å². The number of rotatable bonds is 4. The normalized spacial score (nSPS) is 11.2. The molecule has 5 heteroatoms. The third kappa shape index (κ3) is 4.82. The second-order valence-corrected chi connectivity index (χ2v) is 2.97. The van der Waals surface area contributed by atoms with Gasteiger partial charge >= 0.3 is 11.8 Å². The highest BCUT2D eigenvalue weighted by atomic mass is 16.6. The SMILES string of the molecule is CC.CC[C@@H](C)C(=O)OCc1coc(=O)o1. The van der Waals surface area contributed by atoms with Gasteiger partial charge in [0.2, 0.25) is 0 Å². The van der Waals surface area contributed by atoms with E-state index in [4.69, 9.17) is 4.74 Å². The van der Waals surface area contributed by atoms with E-state index in [-0.39, 0.29) is 24.3 Å². The van der Waals surface area contributed by atoms with Crippen molar-refractivity contribution >= 4 is 5.97 Å². The molecule has 0 radical (unpaired) electrons. The zero-order valence-corrected chi connectivity index (χ0v) is 10.1. The molecule has 0 spiro atoms. The second kappa shape index (κ2) is 7.73. The zero-order valence-electron chi connectivity index (χ0n) is 10.1. The van der Waals surface area contributed by atoms with Crippen molar-refractivity contribution in [1.82, 2.24) is 0 Å². The summed E-state index contributed by atoms with van der Waals surface area (Å²) < 4.78 is 13.8. The molecule has 1 aromatic heterocycles. The summed E-state index contributed by atoms with van der Waals surface area (Å²) in [6.07, 6.45) is 1.85. The highest BCUT2D eigenvalue weighted by Crippen LogP contribution is 2.06. The molecule has 0 saturated carbocycles. The molecule has 0 aromatic carbocycles. The van der Waals surface area contributed by atoms with Gasteiger partial charge in [0.15, 0.2) is 12.4 Å². The fourth-order valence-electron chi connectivity index (χ4n) is 0.784. The third-order valence-electron chi connectivity index (χ3n) is 1.87. The van der Waals surface area contributed by atoms with Crippen LogP contribution >= 0.6 is 0 Å². The molecule has 0 fully saturated rings. The summed E-state index contributed by atoms with van der Waals surface area (Å²) in [6, 6.07) is 0. The van der Waals surface area contributed by atoms with Crippen molar-refractivity contribution in [2.75, 3.05) is 0 Å². The van der Waals surface area contributed by atoms with Gasteiger partial charge < -0.3 is 13.6 Å². The molecule has 1 heterocycles. The van der Waals surface area contributed by atoms with Gasteiger partial charge in [-0.3, -0.25) is 4.79 Å². The van der Waals surface area contributed by atoms with E-state index >= 15 is 0 Å². The molecule has 1 aromatic rings. The molecule has 0 N–H and O–H groups in total. The molecule has 1 rings (SSSR count). The second-order valence-electron chi connectivity index (χ2n) is 2.97. The van der Waals surface area contributed by atoms with Gasteiger partial charge in [-0.25, -0.2) is 4.79 Å². The Morgan fingerprint density at radius 2 is 2.12 bits per heavy atom. The summed E-state index contributed by atoms with van der Waals surface area (Å²) in [5, 5.41) is 0. The zero-order chi connectivity index (χ0) is 12.6. The predicted octanol–water partition coefficient (Wildman–Crippen LogP) is 2.35. The minimum Gasteiger partial charge on any atom is -0.457 e. The standard InChI is InChI=1S/C9H12O5.C2H6/c1-3-6(2)8(10)12-4-7-5-13-9(11)14-7;1-2/h5-6H,3-4H2,1-2H3;1-2H3/t6-;/m1./s1. The summed E-state index contributed by atoms with van der Waals surface area (Å²) in [5.41, 5.74) is 0. The lowest BCUT2D eigenvalue weighted by Gasteiger charge is -2.06. The Morgan fingerprint density at radius 1 is 1.50 bits per heavy atom. The van der Waals surface area contributed by atoms with E-state index in [2.05, 4.69) is 8.83 Å². The van der Waals surface area contributed by atoms with Gasteiger partial charge in [0.05, 0.1) is 5.92 Å². The van der Waals surface area contributed by atoms with Crippen LogP contribution in [0.3, 0.4) is 0 Å². The van der Waals surface area contributed by atoms with Gasteiger partial charge in [0.25, 0.3) is 0 Å². The van der Waals surface area contributed by atoms with Crippen molar-refractivity contribution in [2.24, 2.45) is 5.92 Å². The lowest BCUT2D eigenvalue weighted by molar-refractivity contribution is -0.149. The fraction of sp³-hybridized carbons (Fsp3) is 0.636. The van der Waals surface area contributed by atoms with Crippen LogP contribution < -0.4 is 5.82 Å². The number of hydrogen-bond acceptors (Lipinski definition) is 5. The van der Waals surface area contributed by atoms with Crippen molar-refractivity contribution < 1.29 is 18.4 Å². The Kier molecular flexibility index (Phi) is 7.00. The molecule has 1 atom stereocenters. The van der Waals surface area contributed by atoms with Gasteiger partial charge in [-0.05, 0) is 6.42 Å². The molecule has 0 aliphatic rings. The number of esters is 1. The lowest BCUT2D eigenvalue weighted by atomic mass is 10.1. The maximum absolute atomic E-state index is 11.2. The molecule has 16 heavy (non-hydrogen) atoms. The molecule has 0 aliphatic heterocycles. The van der Waals surface area contributed by atoms with Crippen molar-refractivity contribution in [3.8, 4) is 0 Å². The number of hydrogen-bond donors (Lipinski definition) is 0. The van der Waals surface area contributed by atoms with E-state index in [1.165, 1.54) is 0 Å². The van der Waals surface area contributed by atoms with Crippen LogP contribution in [0.5, 0.6) is 0 Å². The first-order valence-electron chi connectivity index (χ1n) is 5.37. The number of carbonyl (C=O) groups is 1. The summed E-state index contributed by atoms with van der Waals surface area (Å²) >= 11 is 0. The predicted molar refractivity (Wildman–Crippen MR) is 57.8 cm³/mol. The average Bonchev–Trinajstić information content (AvgIpc) is 2.73. The first kappa shape index (κ1) is 14.5. The van der Waals surface area contributed by atoms with Crippen LogP contribution in [0.4, 0.5) is 0 Å². The number of ether oxygens (including phenoxy) is 1. The molecule has 5 nitrogen and oxygen atoms in total. The fourth-order valence-corrected chi connectivity index (χ4v) is 0.784. The summed E-state index contributed by atoms with van der Waals surface area (Å²) in [7, 11) is 0. The first-order valence-corrected chi connectivity index (χ1v) is 5.37. The highest BCUT2D eigenvalue weighted by molar-refractivity contribution is 5.71. The minimum atomic E-state index is -0.792. The van der Waals surface area contributed by atoms with Crippen LogP contribution in [0, 0.1) is 5.92 Å². The summed E-state index contributed by atoms with van der Waals surface area (Å²) in [5.74, 6) is -1.03. The molecular weight excluding hydrogens is 212 g/mol. The molecular formula is C11H18O5. The van der Waals surface area contributed by atoms with Crippen molar-refractivity contribution in [1.29, 1.82) is 0 Å². The lowest BCUT2D eigenvalue weighted by Crippen LogP contribution is -2.13. The molecule has 0 aliphatic carbocycles. The average molecular weight is 230 g/mol. The van der Waals surface area contributed by atoms with E-state index < -0.39 is 5.82 Å². The van der Waals surface area contributed by atoms with Crippen LogP contribution in [-0.4, -0.2) is 5.97 Å². The van der Waals surface area contributed by atoms with E-state index in [0.717, 1.165) is 6.26 Å². The van der Waals surface area contributed by atoms with Gasteiger partial charge in [0.1, 0.15) is 6.26 Å². The van der Waals surface area contributed by atoms with Gasteiger partial charge in [0, 0.05) is 0 Å². The quantitative estimate of drug-likeness (QED) is 0.742. The summed E-state index contributed by atoms with van der Waals surface area (Å²) in [4.78, 5) is 21.6. The maximum Gasteiger partial charge on any atom is 0.518 e. The smallest absolute Gasteiger partial charge is 0.457 e. The maximum atomic E-state index is 11.2. The van der Waals surface area contributed by atoms with E-state index in [1.807, 2.05) is 20.8 Å². The Balaban J connectivity index is 0.00000106. The third-order valence-corrected chi connectivity index (χ3v) is 1.87. The van der Waals surface area contributed by atoms with Crippen LogP contribution in [-0.2, 0) is 16.1 Å². The molecule has 0 saturated heterocycles. The van der Waals surface area contributed by atoms with E-state index in [0.29, 0.717) is 6.42 Å². The molecule has 0 unspecified atom stereocenters. The van der Waals surface area contributed by atoms with Gasteiger partial charge in [-0.15, -0.1) is 0 Å². The minimum absolute atomic E-state index is 0.0606. The Morgan fingerprint density at radius 3 is 2.56 bits per heavy atom. The van der Waals surface area contributed by atoms with E-state index in [9.17, 15) is 9.59 Å². The van der Waals surface area contributed by atoms with Crippen LogP contribution in [0.25, 0.3) is 0 Å². The van der Waals surface area contributed by atoms with Crippen molar-refractivity contribution in [3.05, 3.63) is 22.6 Å². The number of carbonyl (C=O) groups excluding carboxylic acids is 1. The molecule has 0 bridgehead atoms. The monoisotopic (exact) mass is 230 g/mol. The Hall–Kier alpha value is -1.52. The topological polar surface area (TPSA) is 69.7 Å². The Labute approximate surface area is 94.4 Å². The van der Waals surface area contributed by atoms with Gasteiger partial charge in [-0.1, -0.05) is 27.7 Å². The largest absolute Gasteiger partial charge is 0.518 e. The Bertz CT molecular complexity index is 349.